The number of hydrogen-bond acceptors (Lipinski definition) is 5. The lowest BCUT2D eigenvalue weighted by molar-refractivity contribution is -0.138. The third-order valence-electron chi connectivity index (χ3n) is 7.30. The fourth-order valence-electron chi connectivity index (χ4n) is 5.30. The van der Waals surface area contributed by atoms with E-state index >= 15 is 0 Å². The Morgan fingerprint density at radius 3 is 2.02 bits per heavy atom. The zero-order valence-corrected chi connectivity index (χ0v) is 23.0. The molecule has 3 amide bonds. The van der Waals surface area contributed by atoms with E-state index in [1.807, 2.05) is 60.7 Å². The summed E-state index contributed by atoms with van der Waals surface area (Å²) in [5.41, 5.74) is 8.56. The third-order valence-corrected chi connectivity index (χ3v) is 7.30. The van der Waals surface area contributed by atoms with Gasteiger partial charge in [-0.3, -0.25) is 24.6 Å². The topological polar surface area (TPSA) is 166 Å². The fraction of sp³-hybridized carbons (Fsp3) is 0.121. The SMILES string of the molecule is N=C(N)c1ccc(C(=O)Nc2ccc3c(c2)C(=O)N(C(CC(=O)O)C(c2ccccc2)c2ccccc2)CC(=O)N3)cc1. The number of carbonyl (C=O) groups excluding carboxylic acids is 3. The van der Waals surface area contributed by atoms with Crippen molar-refractivity contribution in [2.45, 2.75) is 18.4 Å². The van der Waals surface area contributed by atoms with Gasteiger partial charge in [0.2, 0.25) is 5.91 Å². The van der Waals surface area contributed by atoms with Crippen LogP contribution in [0.15, 0.2) is 103 Å². The van der Waals surface area contributed by atoms with Crippen molar-refractivity contribution in [1.29, 1.82) is 5.41 Å². The predicted molar refractivity (Wildman–Crippen MR) is 162 cm³/mol. The van der Waals surface area contributed by atoms with Crippen molar-refractivity contribution in [2.75, 3.05) is 17.2 Å². The van der Waals surface area contributed by atoms with Crippen LogP contribution in [0.2, 0.25) is 0 Å². The molecule has 0 fully saturated rings. The smallest absolute Gasteiger partial charge is 0.305 e. The molecule has 10 heteroatoms. The van der Waals surface area contributed by atoms with Crippen LogP contribution in [0, 0.1) is 5.41 Å². The monoisotopic (exact) mass is 575 g/mol. The van der Waals surface area contributed by atoms with Crippen molar-refractivity contribution >= 4 is 40.9 Å². The van der Waals surface area contributed by atoms with Gasteiger partial charge < -0.3 is 26.4 Å². The minimum absolute atomic E-state index is 0.117. The third kappa shape index (κ3) is 6.43. The zero-order chi connectivity index (χ0) is 30.5. The van der Waals surface area contributed by atoms with Crippen LogP contribution in [0.5, 0.6) is 0 Å². The van der Waals surface area contributed by atoms with Crippen molar-refractivity contribution in [3.63, 3.8) is 0 Å². The molecule has 43 heavy (non-hydrogen) atoms. The molecule has 5 rings (SSSR count). The summed E-state index contributed by atoms with van der Waals surface area (Å²) < 4.78 is 0. The average Bonchev–Trinajstić information content (AvgIpc) is 3.13. The van der Waals surface area contributed by atoms with Crippen LogP contribution in [0.1, 0.15) is 49.7 Å². The number of nitrogens with two attached hydrogens (primary N) is 1. The van der Waals surface area contributed by atoms with E-state index in [-0.39, 0.29) is 23.6 Å². The molecule has 1 aliphatic rings. The molecule has 0 radical (unpaired) electrons. The van der Waals surface area contributed by atoms with Gasteiger partial charge in [0, 0.05) is 22.7 Å². The molecular weight excluding hydrogens is 546 g/mol. The van der Waals surface area contributed by atoms with E-state index < -0.39 is 42.1 Å². The van der Waals surface area contributed by atoms with E-state index in [1.165, 1.54) is 29.2 Å². The number of anilines is 2. The van der Waals surface area contributed by atoms with Gasteiger partial charge in [-0.2, -0.15) is 0 Å². The molecule has 1 atom stereocenters. The first-order valence-corrected chi connectivity index (χ1v) is 13.5. The first-order valence-electron chi connectivity index (χ1n) is 13.5. The normalized spacial score (nSPS) is 13.5. The predicted octanol–water partition coefficient (Wildman–Crippen LogP) is 4.29. The van der Waals surface area contributed by atoms with Crippen LogP contribution in [0.4, 0.5) is 11.4 Å². The van der Waals surface area contributed by atoms with Gasteiger partial charge in [0.1, 0.15) is 12.4 Å². The maximum Gasteiger partial charge on any atom is 0.305 e. The molecule has 0 bridgehead atoms. The Morgan fingerprint density at radius 2 is 1.47 bits per heavy atom. The molecule has 0 spiro atoms. The van der Waals surface area contributed by atoms with Crippen molar-refractivity contribution in [2.24, 2.45) is 5.73 Å². The molecule has 1 aliphatic heterocycles. The summed E-state index contributed by atoms with van der Waals surface area (Å²) in [7, 11) is 0. The van der Waals surface area contributed by atoms with E-state index in [2.05, 4.69) is 10.6 Å². The highest BCUT2D eigenvalue weighted by atomic mass is 16.4. The van der Waals surface area contributed by atoms with Crippen molar-refractivity contribution in [3.05, 3.63) is 131 Å². The number of nitrogen functional groups attached to an aromatic ring is 1. The lowest BCUT2D eigenvalue weighted by Crippen LogP contribution is -2.47. The minimum atomic E-state index is -1.11. The van der Waals surface area contributed by atoms with Gasteiger partial charge in [-0.15, -0.1) is 0 Å². The highest BCUT2D eigenvalue weighted by Gasteiger charge is 2.38. The number of aliphatic carboxylic acids is 1. The lowest BCUT2D eigenvalue weighted by atomic mass is 9.82. The highest BCUT2D eigenvalue weighted by Crippen LogP contribution is 2.35. The van der Waals surface area contributed by atoms with Gasteiger partial charge in [0.15, 0.2) is 0 Å². The Balaban J connectivity index is 1.52. The van der Waals surface area contributed by atoms with E-state index in [4.69, 9.17) is 11.1 Å². The second-order valence-corrected chi connectivity index (χ2v) is 10.2. The standard InChI is InChI=1S/C33H29N5O5/c34-31(35)22-11-13-23(14-12-22)32(42)36-24-15-16-26-25(17-24)33(43)38(19-28(39)37-26)27(18-29(40)41)30(20-7-3-1-4-8-20)21-9-5-2-6-10-21/h1-17,27,30H,18-19H2,(H3,34,35)(H,36,42)(H,37,39)(H,40,41). The number of amides is 3. The number of carboxylic acid groups (broad SMARTS) is 1. The molecule has 4 aromatic rings. The first kappa shape index (κ1) is 28.7. The van der Waals surface area contributed by atoms with Crippen LogP contribution < -0.4 is 16.4 Å². The summed E-state index contributed by atoms with van der Waals surface area (Å²) in [6.07, 6.45) is -0.407. The number of hydrogen-bond donors (Lipinski definition) is 5. The van der Waals surface area contributed by atoms with Gasteiger partial charge in [-0.25, -0.2) is 0 Å². The highest BCUT2D eigenvalue weighted by molar-refractivity contribution is 6.11. The summed E-state index contributed by atoms with van der Waals surface area (Å²) in [5, 5.41) is 23.0. The number of carboxylic acids is 1. The number of carbonyl (C=O) groups is 4. The van der Waals surface area contributed by atoms with Gasteiger partial charge in [0.05, 0.1) is 23.7 Å². The molecule has 1 heterocycles. The summed E-state index contributed by atoms with van der Waals surface area (Å²) in [6, 6.07) is 28.4. The zero-order valence-electron chi connectivity index (χ0n) is 23.0. The van der Waals surface area contributed by atoms with Gasteiger partial charge in [0.25, 0.3) is 11.8 Å². The number of fused-ring (bicyclic) bond motifs is 1. The van der Waals surface area contributed by atoms with E-state index in [1.54, 1.807) is 18.2 Å². The Labute approximate surface area is 247 Å². The van der Waals surface area contributed by atoms with E-state index in [0.29, 0.717) is 16.8 Å². The van der Waals surface area contributed by atoms with Crippen molar-refractivity contribution in [1.82, 2.24) is 4.90 Å². The van der Waals surface area contributed by atoms with Gasteiger partial charge in [-0.05, 0) is 41.5 Å². The molecule has 216 valence electrons. The second kappa shape index (κ2) is 12.4. The van der Waals surface area contributed by atoms with Crippen molar-refractivity contribution < 1.29 is 24.3 Å². The van der Waals surface area contributed by atoms with Crippen LogP contribution in [0.25, 0.3) is 0 Å². The Hall–Kier alpha value is -5.77. The number of nitrogens with one attached hydrogen (secondary N) is 3. The molecular formula is C33H29N5O5. The fourth-order valence-corrected chi connectivity index (χ4v) is 5.30. The maximum atomic E-state index is 14.2. The number of benzene rings is 4. The molecule has 6 N–H and O–H groups in total. The molecule has 0 aliphatic carbocycles. The Kier molecular flexibility index (Phi) is 8.29. The number of amidine groups is 1. The van der Waals surface area contributed by atoms with Crippen molar-refractivity contribution in [3.8, 4) is 0 Å². The Bertz CT molecular complexity index is 1650. The van der Waals surface area contributed by atoms with E-state index in [0.717, 1.165) is 11.1 Å². The average molecular weight is 576 g/mol. The lowest BCUT2D eigenvalue weighted by Gasteiger charge is -2.36. The molecule has 0 saturated carbocycles. The maximum absolute atomic E-state index is 14.2. The van der Waals surface area contributed by atoms with Gasteiger partial charge >= 0.3 is 5.97 Å². The van der Waals surface area contributed by atoms with E-state index in [9.17, 15) is 24.3 Å². The van der Waals surface area contributed by atoms with Gasteiger partial charge in [-0.1, -0.05) is 72.8 Å². The Morgan fingerprint density at radius 1 is 0.884 bits per heavy atom. The number of nitrogens with zero attached hydrogens (tertiary/aromatic N) is 1. The minimum Gasteiger partial charge on any atom is -0.481 e. The van der Waals surface area contributed by atoms with Crippen LogP contribution in [0.3, 0.4) is 0 Å². The van der Waals surface area contributed by atoms with Crippen LogP contribution >= 0.6 is 0 Å². The summed E-state index contributed by atoms with van der Waals surface area (Å²) in [6.45, 7) is -0.355. The largest absolute Gasteiger partial charge is 0.481 e. The summed E-state index contributed by atoms with van der Waals surface area (Å²) in [5.74, 6) is -3.24. The quantitative estimate of drug-likeness (QED) is 0.147. The molecule has 10 nitrogen and oxygen atoms in total. The molecule has 0 aromatic heterocycles. The summed E-state index contributed by atoms with van der Waals surface area (Å²) >= 11 is 0. The second-order valence-electron chi connectivity index (χ2n) is 10.2. The molecule has 1 unspecified atom stereocenters. The molecule has 4 aromatic carbocycles. The molecule has 0 saturated heterocycles. The summed E-state index contributed by atoms with van der Waals surface area (Å²) in [4.78, 5) is 53.7. The first-order chi connectivity index (χ1) is 20.7. The van der Waals surface area contributed by atoms with Crippen LogP contribution in [-0.4, -0.2) is 52.1 Å². The number of rotatable bonds is 9. The van der Waals surface area contributed by atoms with Crippen LogP contribution in [-0.2, 0) is 9.59 Å².